The minimum absolute atomic E-state index is 0.0167. The van der Waals surface area contributed by atoms with Crippen LogP contribution in [0.15, 0.2) is 24.3 Å². The third kappa shape index (κ3) is 2.98. The second-order valence-corrected chi connectivity index (χ2v) is 3.94. The van der Waals surface area contributed by atoms with Gasteiger partial charge in [0.1, 0.15) is 5.69 Å². The van der Waals surface area contributed by atoms with Crippen molar-refractivity contribution in [3.8, 4) is 17.4 Å². The van der Waals surface area contributed by atoms with Crippen molar-refractivity contribution in [3.05, 3.63) is 40.1 Å². The van der Waals surface area contributed by atoms with Crippen molar-refractivity contribution in [1.82, 2.24) is 9.97 Å². The Labute approximate surface area is 119 Å². The van der Waals surface area contributed by atoms with Crippen LogP contribution in [0.1, 0.15) is 5.69 Å². The van der Waals surface area contributed by atoms with Gasteiger partial charge in [-0.3, -0.25) is 15.5 Å². The smallest absolute Gasteiger partial charge is 0.352 e. The van der Waals surface area contributed by atoms with E-state index in [9.17, 15) is 10.1 Å². The Balaban J connectivity index is 2.52. The summed E-state index contributed by atoms with van der Waals surface area (Å²) in [5.74, 6) is 5.75. The van der Waals surface area contributed by atoms with E-state index in [1.807, 2.05) is 0 Å². The number of para-hydroxylation sites is 2. The van der Waals surface area contributed by atoms with E-state index in [1.165, 1.54) is 14.0 Å². The Morgan fingerprint density at radius 2 is 1.95 bits per heavy atom. The van der Waals surface area contributed by atoms with E-state index in [4.69, 9.17) is 15.3 Å². The van der Waals surface area contributed by atoms with Gasteiger partial charge in [0.05, 0.1) is 12.0 Å². The minimum atomic E-state index is -0.611. The number of anilines is 1. The lowest BCUT2D eigenvalue weighted by Gasteiger charge is -2.10. The summed E-state index contributed by atoms with van der Waals surface area (Å²) in [6.45, 7) is 1.47. The van der Waals surface area contributed by atoms with Crippen molar-refractivity contribution in [2.45, 2.75) is 6.92 Å². The van der Waals surface area contributed by atoms with E-state index in [0.29, 0.717) is 11.5 Å². The van der Waals surface area contributed by atoms with Crippen LogP contribution in [-0.4, -0.2) is 22.0 Å². The van der Waals surface area contributed by atoms with Crippen LogP contribution < -0.4 is 20.7 Å². The fraction of sp³-hybridized carbons (Fsp3) is 0.167. The molecule has 0 aliphatic rings. The summed E-state index contributed by atoms with van der Waals surface area (Å²) in [5, 5.41) is 11.1. The fourth-order valence-electron chi connectivity index (χ4n) is 1.69. The number of aromatic nitrogens is 2. The summed E-state index contributed by atoms with van der Waals surface area (Å²) in [6.07, 6.45) is 0. The second kappa shape index (κ2) is 6.01. The molecule has 0 atom stereocenters. The maximum Gasteiger partial charge on any atom is 0.352 e. The van der Waals surface area contributed by atoms with Crippen molar-refractivity contribution >= 4 is 11.6 Å². The molecule has 0 saturated heterocycles. The number of nitrogens with zero attached hydrogens (tertiary/aromatic N) is 3. The van der Waals surface area contributed by atoms with Crippen molar-refractivity contribution in [2.75, 3.05) is 12.5 Å². The van der Waals surface area contributed by atoms with Crippen LogP contribution in [0.3, 0.4) is 0 Å². The predicted octanol–water partition coefficient (Wildman–Crippen LogP) is 1.78. The molecule has 0 unspecified atom stereocenters. The lowest BCUT2D eigenvalue weighted by Crippen LogP contribution is -2.12. The lowest BCUT2D eigenvalue weighted by atomic mass is 10.3. The van der Waals surface area contributed by atoms with Crippen molar-refractivity contribution < 1.29 is 14.4 Å². The Hall–Kier alpha value is -2.94. The molecule has 9 nitrogen and oxygen atoms in total. The van der Waals surface area contributed by atoms with E-state index in [2.05, 4.69) is 15.4 Å². The first-order valence-corrected chi connectivity index (χ1v) is 5.87. The number of nitrogens with one attached hydrogen (secondary N) is 1. The van der Waals surface area contributed by atoms with E-state index in [1.54, 1.807) is 24.3 Å². The summed E-state index contributed by atoms with van der Waals surface area (Å²) in [4.78, 5) is 18.3. The predicted molar refractivity (Wildman–Crippen MR) is 74.3 cm³/mol. The zero-order valence-electron chi connectivity index (χ0n) is 11.4. The highest BCUT2D eigenvalue weighted by Gasteiger charge is 2.24. The molecule has 0 bridgehead atoms. The van der Waals surface area contributed by atoms with Crippen LogP contribution in [0.5, 0.6) is 17.4 Å². The molecule has 2 rings (SSSR count). The number of aryl methyl sites for hydroxylation is 1. The maximum absolute atomic E-state index is 11.1. The topological polar surface area (TPSA) is 125 Å². The van der Waals surface area contributed by atoms with Gasteiger partial charge < -0.3 is 9.47 Å². The van der Waals surface area contributed by atoms with Gasteiger partial charge in [-0.2, -0.15) is 4.98 Å². The van der Waals surface area contributed by atoms with Gasteiger partial charge in [0.2, 0.25) is 5.95 Å². The molecule has 3 N–H and O–H groups in total. The number of nitro groups is 1. The molecule has 0 aliphatic carbocycles. The van der Waals surface area contributed by atoms with Crippen molar-refractivity contribution in [3.63, 3.8) is 0 Å². The number of nitrogen functional groups attached to an aromatic ring is 1. The molecular formula is C12H13N5O4. The Bertz CT molecular complexity index is 677. The maximum atomic E-state index is 11.1. The molecule has 0 aliphatic heterocycles. The third-order valence-corrected chi connectivity index (χ3v) is 2.61. The van der Waals surface area contributed by atoms with Gasteiger partial charge in [0.15, 0.2) is 11.5 Å². The van der Waals surface area contributed by atoms with Crippen molar-refractivity contribution in [2.24, 2.45) is 5.84 Å². The summed E-state index contributed by atoms with van der Waals surface area (Å²) in [7, 11) is 1.47. The number of hydrogen-bond donors (Lipinski definition) is 2. The van der Waals surface area contributed by atoms with Crippen LogP contribution in [-0.2, 0) is 0 Å². The van der Waals surface area contributed by atoms with Gasteiger partial charge in [-0.1, -0.05) is 12.1 Å². The van der Waals surface area contributed by atoms with Crippen LogP contribution >= 0.6 is 0 Å². The zero-order chi connectivity index (χ0) is 15.4. The minimum Gasteiger partial charge on any atom is -0.493 e. The van der Waals surface area contributed by atoms with E-state index in [-0.39, 0.29) is 23.2 Å². The molecule has 9 heteroatoms. The first kappa shape index (κ1) is 14.5. The number of methoxy groups -OCH3 is 1. The summed E-state index contributed by atoms with van der Waals surface area (Å²) in [6, 6.07) is 6.73. The fourth-order valence-corrected chi connectivity index (χ4v) is 1.69. The molecule has 0 fully saturated rings. The summed E-state index contributed by atoms with van der Waals surface area (Å²) < 4.78 is 10.6. The molecule has 110 valence electrons. The van der Waals surface area contributed by atoms with E-state index < -0.39 is 4.92 Å². The average Bonchev–Trinajstić information content (AvgIpc) is 2.46. The summed E-state index contributed by atoms with van der Waals surface area (Å²) >= 11 is 0. The highest BCUT2D eigenvalue weighted by molar-refractivity contribution is 5.52. The van der Waals surface area contributed by atoms with E-state index in [0.717, 1.165) is 0 Å². The Morgan fingerprint density at radius 3 is 2.52 bits per heavy atom. The second-order valence-electron chi connectivity index (χ2n) is 3.94. The van der Waals surface area contributed by atoms with Gasteiger partial charge >= 0.3 is 11.6 Å². The highest BCUT2D eigenvalue weighted by Crippen LogP contribution is 2.36. The molecular weight excluding hydrogens is 278 g/mol. The third-order valence-electron chi connectivity index (χ3n) is 2.61. The van der Waals surface area contributed by atoms with E-state index >= 15 is 0 Å². The molecule has 1 aromatic heterocycles. The first-order valence-electron chi connectivity index (χ1n) is 5.87. The largest absolute Gasteiger partial charge is 0.493 e. The lowest BCUT2D eigenvalue weighted by molar-refractivity contribution is -0.386. The number of hydrazine groups is 1. The standard InChI is InChI=1S/C12H13N5O4/c1-7-10(17(18)19)11(15-12(14-7)16-13)21-9-6-4-3-5-8(9)20-2/h3-6H,13H2,1-2H3,(H,14,15,16). The molecule has 0 amide bonds. The van der Waals surface area contributed by atoms with Crippen LogP contribution in [0, 0.1) is 17.0 Å². The van der Waals surface area contributed by atoms with Crippen LogP contribution in [0.25, 0.3) is 0 Å². The van der Waals surface area contributed by atoms with Gasteiger partial charge in [-0.05, 0) is 19.1 Å². The van der Waals surface area contributed by atoms with Gasteiger partial charge in [-0.25, -0.2) is 10.8 Å². The summed E-state index contributed by atoms with van der Waals surface area (Å²) in [5.41, 5.74) is 2.03. The van der Waals surface area contributed by atoms with Crippen molar-refractivity contribution in [1.29, 1.82) is 0 Å². The quantitative estimate of drug-likeness (QED) is 0.485. The Morgan fingerprint density at radius 1 is 1.29 bits per heavy atom. The van der Waals surface area contributed by atoms with Crippen LogP contribution in [0.2, 0.25) is 0 Å². The zero-order valence-corrected chi connectivity index (χ0v) is 11.4. The SMILES string of the molecule is COc1ccccc1Oc1nc(NN)nc(C)c1[N+](=O)[O-]. The normalized spacial score (nSPS) is 10.0. The molecule has 1 heterocycles. The monoisotopic (exact) mass is 291 g/mol. The molecule has 1 aromatic carbocycles. The number of hydrogen-bond acceptors (Lipinski definition) is 8. The Kier molecular flexibility index (Phi) is 4.14. The first-order chi connectivity index (χ1) is 10.1. The molecule has 0 saturated carbocycles. The number of benzene rings is 1. The van der Waals surface area contributed by atoms with Gasteiger partial charge in [0, 0.05) is 0 Å². The highest BCUT2D eigenvalue weighted by atomic mass is 16.6. The molecule has 0 spiro atoms. The molecule has 21 heavy (non-hydrogen) atoms. The van der Waals surface area contributed by atoms with Gasteiger partial charge in [-0.15, -0.1) is 0 Å². The van der Waals surface area contributed by atoms with Crippen LogP contribution in [0.4, 0.5) is 11.6 Å². The number of nitrogens with two attached hydrogens (primary N) is 1. The molecule has 0 radical (unpaired) electrons. The number of ether oxygens (including phenoxy) is 2. The molecule has 2 aromatic rings. The van der Waals surface area contributed by atoms with Gasteiger partial charge in [0.25, 0.3) is 0 Å². The number of rotatable bonds is 5. The average molecular weight is 291 g/mol.